The van der Waals surface area contributed by atoms with Crippen molar-refractivity contribution in [2.45, 2.75) is 70.7 Å². The van der Waals surface area contributed by atoms with Gasteiger partial charge in [0.15, 0.2) is 0 Å². The molecule has 1 aromatic heterocycles. The highest BCUT2D eigenvalue weighted by Gasteiger charge is 2.48. The Balaban J connectivity index is 1.52. The van der Waals surface area contributed by atoms with Crippen LogP contribution in [0.25, 0.3) is 22.3 Å². The number of hydrogen-bond acceptors (Lipinski definition) is 8. The summed E-state index contributed by atoms with van der Waals surface area (Å²) in [5, 5.41) is 21.7. The van der Waals surface area contributed by atoms with Crippen LogP contribution in [0.5, 0.6) is 5.75 Å². The summed E-state index contributed by atoms with van der Waals surface area (Å²) in [5.41, 5.74) is 11.5. The molecule has 1 heterocycles. The summed E-state index contributed by atoms with van der Waals surface area (Å²) >= 11 is 0. The van der Waals surface area contributed by atoms with Gasteiger partial charge in [-0.05, 0) is 59.2 Å². The number of aliphatic hydroxyl groups is 2. The molecule has 3 unspecified atom stereocenters. The van der Waals surface area contributed by atoms with Crippen LogP contribution in [0.1, 0.15) is 47.5 Å². The molecule has 3 aromatic rings. The van der Waals surface area contributed by atoms with E-state index in [2.05, 4.69) is 0 Å². The predicted molar refractivity (Wildman–Crippen MR) is 144 cm³/mol. The van der Waals surface area contributed by atoms with E-state index in [4.69, 9.17) is 25.4 Å². The quantitative estimate of drug-likeness (QED) is 0.267. The number of furan rings is 1. The standard InChI is InChI=1S/C29H40N2O6/c1-27(2,30)18-29(5,28(3,4)31)26(34)36-17-22(33)14-21(32)16-35-23-12-11-20-13-24(37-25(20)15-23)19-9-7-6-8-10-19/h6-13,15,21-22,32-33H,14,16-18,30-31H2,1-5H3. The lowest BCUT2D eigenvalue weighted by Crippen LogP contribution is -2.58. The Bertz CT molecular complexity index is 1180. The first kappa shape index (κ1) is 28.7. The molecule has 0 radical (unpaired) electrons. The van der Waals surface area contributed by atoms with Crippen molar-refractivity contribution < 1.29 is 28.9 Å². The first-order valence-electron chi connectivity index (χ1n) is 12.5. The van der Waals surface area contributed by atoms with Gasteiger partial charge in [-0.25, -0.2) is 0 Å². The summed E-state index contributed by atoms with van der Waals surface area (Å²) in [7, 11) is 0. The summed E-state index contributed by atoms with van der Waals surface area (Å²) in [5.74, 6) is 0.756. The Morgan fingerprint density at radius 2 is 1.59 bits per heavy atom. The maximum absolute atomic E-state index is 12.9. The fraction of sp³-hybridized carbons (Fsp3) is 0.483. The fourth-order valence-corrected chi connectivity index (χ4v) is 4.29. The Kier molecular flexibility index (Phi) is 8.70. The van der Waals surface area contributed by atoms with E-state index < -0.39 is 34.7 Å². The van der Waals surface area contributed by atoms with E-state index in [1.54, 1.807) is 32.9 Å². The van der Waals surface area contributed by atoms with E-state index in [-0.39, 0.29) is 19.6 Å². The third-order valence-corrected chi connectivity index (χ3v) is 6.63. The van der Waals surface area contributed by atoms with E-state index in [1.165, 1.54) is 0 Å². The number of aliphatic hydroxyl groups excluding tert-OH is 2. The van der Waals surface area contributed by atoms with E-state index in [9.17, 15) is 15.0 Å². The number of esters is 1. The minimum Gasteiger partial charge on any atom is -0.491 e. The van der Waals surface area contributed by atoms with Crippen LogP contribution in [0, 0.1) is 5.41 Å². The lowest BCUT2D eigenvalue weighted by molar-refractivity contribution is -0.163. The van der Waals surface area contributed by atoms with Crippen LogP contribution in [0.15, 0.2) is 59.0 Å². The third-order valence-electron chi connectivity index (χ3n) is 6.63. The monoisotopic (exact) mass is 512 g/mol. The molecular weight excluding hydrogens is 472 g/mol. The van der Waals surface area contributed by atoms with Crippen molar-refractivity contribution in [1.29, 1.82) is 0 Å². The summed E-state index contributed by atoms with van der Waals surface area (Å²) in [6.07, 6.45) is -1.76. The van der Waals surface area contributed by atoms with Crippen molar-refractivity contribution in [2.24, 2.45) is 16.9 Å². The van der Waals surface area contributed by atoms with Crippen molar-refractivity contribution in [2.75, 3.05) is 13.2 Å². The molecule has 6 N–H and O–H groups in total. The van der Waals surface area contributed by atoms with Gasteiger partial charge in [0.05, 0.1) is 17.6 Å². The van der Waals surface area contributed by atoms with E-state index in [1.807, 2.05) is 56.3 Å². The van der Waals surface area contributed by atoms with Gasteiger partial charge in [-0.1, -0.05) is 30.3 Å². The maximum Gasteiger partial charge on any atom is 0.313 e. The number of carbonyl (C=O) groups is 1. The van der Waals surface area contributed by atoms with E-state index >= 15 is 0 Å². The second-order valence-electron chi connectivity index (χ2n) is 11.3. The van der Waals surface area contributed by atoms with Crippen LogP contribution < -0.4 is 16.2 Å². The largest absolute Gasteiger partial charge is 0.491 e. The first-order valence-corrected chi connectivity index (χ1v) is 12.5. The smallest absolute Gasteiger partial charge is 0.313 e. The number of ether oxygens (including phenoxy) is 2. The Morgan fingerprint density at radius 3 is 2.22 bits per heavy atom. The van der Waals surface area contributed by atoms with Gasteiger partial charge in [-0.15, -0.1) is 0 Å². The van der Waals surface area contributed by atoms with E-state index in [0.717, 1.165) is 16.7 Å². The maximum atomic E-state index is 12.9. The van der Waals surface area contributed by atoms with E-state index in [0.29, 0.717) is 17.8 Å². The molecule has 8 heteroatoms. The van der Waals surface area contributed by atoms with Crippen LogP contribution >= 0.6 is 0 Å². The second kappa shape index (κ2) is 11.2. The third kappa shape index (κ3) is 7.55. The normalized spacial score (nSPS) is 15.7. The molecule has 0 aliphatic carbocycles. The molecule has 0 fully saturated rings. The topological polar surface area (TPSA) is 141 Å². The molecule has 3 atom stereocenters. The minimum atomic E-state index is -1.07. The number of benzene rings is 2. The lowest BCUT2D eigenvalue weighted by atomic mass is 9.67. The van der Waals surface area contributed by atoms with Gasteiger partial charge in [-0.2, -0.15) is 0 Å². The van der Waals surface area contributed by atoms with Crippen molar-refractivity contribution in [1.82, 2.24) is 0 Å². The summed E-state index contributed by atoms with van der Waals surface area (Å²) in [4.78, 5) is 12.9. The molecule has 202 valence electrons. The average molecular weight is 513 g/mol. The first-order chi connectivity index (χ1) is 17.2. The fourth-order valence-electron chi connectivity index (χ4n) is 4.29. The average Bonchev–Trinajstić information content (AvgIpc) is 3.23. The summed E-state index contributed by atoms with van der Waals surface area (Å²) in [6, 6.07) is 17.2. The predicted octanol–water partition coefficient (Wildman–Crippen LogP) is 4.00. The zero-order valence-corrected chi connectivity index (χ0v) is 22.4. The van der Waals surface area contributed by atoms with Gasteiger partial charge >= 0.3 is 5.97 Å². The number of fused-ring (bicyclic) bond motifs is 1. The highest BCUT2D eigenvalue weighted by Crippen LogP contribution is 2.38. The molecular formula is C29H40N2O6. The molecule has 0 spiro atoms. The highest BCUT2D eigenvalue weighted by atomic mass is 16.5. The van der Waals surface area contributed by atoms with Gasteiger partial charge in [0.25, 0.3) is 0 Å². The number of nitrogens with two attached hydrogens (primary N) is 2. The van der Waals surface area contributed by atoms with Crippen LogP contribution in [-0.4, -0.2) is 52.7 Å². The van der Waals surface area contributed by atoms with Crippen LogP contribution in [0.3, 0.4) is 0 Å². The molecule has 8 nitrogen and oxygen atoms in total. The molecule has 2 aromatic carbocycles. The van der Waals surface area contributed by atoms with Gasteiger partial charge in [0, 0.05) is 34.5 Å². The van der Waals surface area contributed by atoms with Crippen LogP contribution in [-0.2, 0) is 9.53 Å². The molecule has 0 amide bonds. The highest BCUT2D eigenvalue weighted by molar-refractivity contribution is 5.84. The second-order valence-corrected chi connectivity index (χ2v) is 11.3. The number of rotatable bonds is 12. The molecule has 0 saturated carbocycles. The van der Waals surface area contributed by atoms with Gasteiger partial charge < -0.3 is 35.6 Å². The van der Waals surface area contributed by atoms with Crippen molar-refractivity contribution in [3.05, 3.63) is 54.6 Å². The summed E-state index contributed by atoms with van der Waals surface area (Å²) < 4.78 is 17.1. The van der Waals surface area contributed by atoms with Gasteiger partial charge in [0.2, 0.25) is 0 Å². The Labute approximate surface area is 218 Å². The van der Waals surface area contributed by atoms with Crippen LogP contribution in [0.4, 0.5) is 0 Å². The molecule has 37 heavy (non-hydrogen) atoms. The van der Waals surface area contributed by atoms with Gasteiger partial charge in [0.1, 0.15) is 30.3 Å². The van der Waals surface area contributed by atoms with Crippen molar-refractivity contribution >= 4 is 16.9 Å². The Morgan fingerprint density at radius 1 is 0.946 bits per heavy atom. The number of carbonyl (C=O) groups excluding carboxylic acids is 1. The van der Waals surface area contributed by atoms with Gasteiger partial charge in [-0.3, -0.25) is 4.79 Å². The Hall–Kier alpha value is -2.91. The summed E-state index contributed by atoms with van der Waals surface area (Å²) in [6.45, 7) is 8.55. The molecule has 0 aliphatic heterocycles. The molecule has 0 saturated heterocycles. The molecule has 0 aliphatic rings. The molecule has 3 rings (SSSR count). The molecule has 0 bridgehead atoms. The zero-order chi connectivity index (χ0) is 27.4. The SMILES string of the molecule is CC(C)(N)CC(C)(C(=O)OCC(O)CC(O)COc1ccc2cc(-c3ccccc3)oc2c1)C(C)(C)N. The number of hydrogen-bond donors (Lipinski definition) is 4. The lowest BCUT2D eigenvalue weighted by Gasteiger charge is -2.43. The van der Waals surface area contributed by atoms with Crippen molar-refractivity contribution in [3.63, 3.8) is 0 Å². The van der Waals surface area contributed by atoms with Crippen molar-refractivity contribution in [3.8, 4) is 17.1 Å². The van der Waals surface area contributed by atoms with Crippen LogP contribution in [0.2, 0.25) is 0 Å². The zero-order valence-electron chi connectivity index (χ0n) is 22.4. The minimum absolute atomic E-state index is 0.0282.